The molecular formula is C11H12O4. The van der Waals surface area contributed by atoms with E-state index >= 15 is 0 Å². The maximum absolute atomic E-state index is 10.8. The molecule has 1 aromatic carbocycles. The summed E-state index contributed by atoms with van der Waals surface area (Å²) in [7, 11) is 0. The van der Waals surface area contributed by atoms with Crippen LogP contribution in [0.3, 0.4) is 0 Å². The number of aryl methyl sites for hydroxylation is 1. The zero-order valence-electron chi connectivity index (χ0n) is 8.36. The molecule has 80 valence electrons. The van der Waals surface area contributed by atoms with Crippen LogP contribution in [0.4, 0.5) is 0 Å². The van der Waals surface area contributed by atoms with Gasteiger partial charge in [-0.25, -0.2) is 9.59 Å². The van der Waals surface area contributed by atoms with Crippen molar-refractivity contribution in [3.8, 4) is 0 Å². The van der Waals surface area contributed by atoms with Gasteiger partial charge in [-0.1, -0.05) is 13.3 Å². The predicted octanol–water partition coefficient (Wildman–Crippen LogP) is 2.04. The minimum Gasteiger partial charge on any atom is -0.478 e. The van der Waals surface area contributed by atoms with Gasteiger partial charge < -0.3 is 10.2 Å². The standard InChI is InChI=1S/C11H12O4/c1-2-3-7-6-8(10(12)13)4-5-9(7)11(14)15/h4-6H,2-3H2,1H3,(H,12,13)(H,14,15). The summed E-state index contributed by atoms with van der Waals surface area (Å²) in [5.41, 5.74) is 0.884. The lowest BCUT2D eigenvalue weighted by atomic mass is 10.0. The van der Waals surface area contributed by atoms with E-state index in [2.05, 4.69) is 0 Å². The molecule has 4 nitrogen and oxygen atoms in total. The first kappa shape index (κ1) is 11.2. The second kappa shape index (κ2) is 4.59. The first-order chi connectivity index (χ1) is 7.06. The molecule has 0 amide bonds. The van der Waals surface area contributed by atoms with Gasteiger partial charge >= 0.3 is 11.9 Å². The van der Waals surface area contributed by atoms with Crippen LogP contribution in [0.1, 0.15) is 39.6 Å². The van der Waals surface area contributed by atoms with E-state index in [4.69, 9.17) is 10.2 Å². The highest BCUT2D eigenvalue weighted by Gasteiger charge is 2.12. The van der Waals surface area contributed by atoms with Crippen molar-refractivity contribution in [2.45, 2.75) is 19.8 Å². The van der Waals surface area contributed by atoms with E-state index in [0.717, 1.165) is 6.42 Å². The first-order valence-electron chi connectivity index (χ1n) is 4.65. The molecule has 15 heavy (non-hydrogen) atoms. The van der Waals surface area contributed by atoms with Crippen molar-refractivity contribution in [2.75, 3.05) is 0 Å². The summed E-state index contributed by atoms with van der Waals surface area (Å²) in [5, 5.41) is 17.6. The van der Waals surface area contributed by atoms with Crippen LogP contribution in [0, 0.1) is 0 Å². The molecule has 0 unspecified atom stereocenters. The van der Waals surface area contributed by atoms with E-state index in [1.807, 2.05) is 6.92 Å². The van der Waals surface area contributed by atoms with Crippen LogP contribution in [-0.4, -0.2) is 22.2 Å². The first-order valence-corrected chi connectivity index (χ1v) is 4.65. The molecule has 0 saturated carbocycles. The Bertz CT molecular complexity index is 396. The fraction of sp³-hybridized carbons (Fsp3) is 0.273. The number of carboxylic acid groups (broad SMARTS) is 2. The summed E-state index contributed by atoms with van der Waals surface area (Å²) in [4.78, 5) is 21.5. The molecular weight excluding hydrogens is 196 g/mol. The Kier molecular flexibility index (Phi) is 3.44. The molecule has 0 heterocycles. The quantitative estimate of drug-likeness (QED) is 0.793. The third-order valence-corrected chi connectivity index (χ3v) is 2.10. The predicted molar refractivity (Wildman–Crippen MR) is 54.4 cm³/mol. The molecule has 2 N–H and O–H groups in total. The summed E-state index contributed by atoms with van der Waals surface area (Å²) in [6.45, 7) is 1.92. The Hall–Kier alpha value is -1.84. The lowest BCUT2D eigenvalue weighted by Gasteiger charge is -2.05. The molecule has 0 bridgehead atoms. The van der Waals surface area contributed by atoms with Gasteiger partial charge in [0.15, 0.2) is 0 Å². The molecule has 0 radical (unpaired) electrons. The van der Waals surface area contributed by atoms with Gasteiger partial charge in [-0.05, 0) is 30.2 Å². The summed E-state index contributed by atoms with van der Waals surface area (Å²) in [6.07, 6.45) is 1.35. The van der Waals surface area contributed by atoms with Crippen molar-refractivity contribution in [3.63, 3.8) is 0 Å². The number of rotatable bonds is 4. The normalized spacial score (nSPS) is 9.93. The van der Waals surface area contributed by atoms with Gasteiger partial charge in [0, 0.05) is 0 Å². The van der Waals surface area contributed by atoms with Crippen molar-refractivity contribution < 1.29 is 19.8 Å². The maximum Gasteiger partial charge on any atom is 0.335 e. The SMILES string of the molecule is CCCc1cc(C(=O)O)ccc1C(=O)O. The van der Waals surface area contributed by atoms with Crippen LogP contribution in [0.25, 0.3) is 0 Å². The summed E-state index contributed by atoms with van der Waals surface area (Å²) < 4.78 is 0. The van der Waals surface area contributed by atoms with Crippen LogP contribution >= 0.6 is 0 Å². The molecule has 0 aliphatic carbocycles. The Morgan fingerprint density at radius 1 is 1.20 bits per heavy atom. The third-order valence-electron chi connectivity index (χ3n) is 2.10. The molecule has 1 rings (SSSR count). The highest BCUT2D eigenvalue weighted by atomic mass is 16.4. The van der Waals surface area contributed by atoms with E-state index in [1.165, 1.54) is 18.2 Å². The van der Waals surface area contributed by atoms with Crippen molar-refractivity contribution >= 4 is 11.9 Å². The molecule has 0 saturated heterocycles. The molecule has 0 aliphatic heterocycles. The van der Waals surface area contributed by atoms with E-state index in [9.17, 15) is 9.59 Å². The minimum atomic E-state index is -1.04. The smallest absolute Gasteiger partial charge is 0.335 e. The van der Waals surface area contributed by atoms with Crippen LogP contribution in [0.2, 0.25) is 0 Å². The molecule has 0 aromatic heterocycles. The fourth-order valence-electron chi connectivity index (χ4n) is 1.41. The average Bonchev–Trinajstić information content (AvgIpc) is 2.17. The Morgan fingerprint density at radius 3 is 2.33 bits per heavy atom. The van der Waals surface area contributed by atoms with Crippen LogP contribution < -0.4 is 0 Å². The highest BCUT2D eigenvalue weighted by molar-refractivity contribution is 5.93. The zero-order valence-corrected chi connectivity index (χ0v) is 8.36. The average molecular weight is 208 g/mol. The van der Waals surface area contributed by atoms with Crippen molar-refractivity contribution in [1.82, 2.24) is 0 Å². The van der Waals surface area contributed by atoms with Gasteiger partial charge in [-0.2, -0.15) is 0 Å². The Morgan fingerprint density at radius 2 is 1.87 bits per heavy atom. The van der Waals surface area contributed by atoms with Crippen LogP contribution in [0.15, 0.2) is 18.2 Å². The third kappa shape index (κ3) is 2.56. The Labute approximate surface area is 87.2 Å². The maximum atomic E-state index is 10.8. The lowest BCUT2D eigenvalue weighted by Crippen LogP contribution is -2.05. The summed E-state index contributed by atoms with van der Waals surface area (Å²) >= 11 is 0. The van der Waals surface area contributed by atoms with Gasteiger partial charge in [0.2, 0.25) is 0 Å². The second-order valence-corrected chi connectivity index (χ2v) is 3.23. The van der Waals surface area contributed by atoms with Crippen LogP contribution in [-0.2, 0) is 6.42 Å². The Balaban J connectivity index is 3.20. The molecule has 1 aromatic rings. The van der Waals surface area contributed by atoms with Gasteiger partial charge in [0.05, 0.1) is 11.1 Å². The van der Waals surface area contributed by atoms with Crippen molar-refractivity contribution in [1.29, 1.82) is 0 Å². The number of benzene rings is 1. The number of hydrogen-bond acceptors (Lipinski definition) is 2. The van der Waals surface area contributed by atoms with Gasteiger partial charge in [-0.15, -0.1) is 0 Å². The molecule has 0 aliphatic rings. The van der Waals surface area contributed by atoms with Gasteiger partial charge in [-0.3, -0.25) is 0 Å². The molecule has 4 heteroatoms. The number of aromatic carboxylic acids is 2. The fourth-order valence-corrected chi connectivity index (χ4v) is 1.41. The number of hydrogen-bond donors (Lipinski definition) is 2. The van der Waals surface area contributed by atoms with Crippen LogP contribution in [0.5, 0.6) is 0 Å². The number of carbonyl (C=O) groups is 2. The molecule has 0 spiro atoms. The van der Waals surface area contributed by atoms with E-state index in [1.54, 1.807) is 0 Å². The van der Waals surface area contributed by atoms with Gasteiger partial charge in [0.25, 0.3) is 0 Å². The monoisotopic (exact) mass is 208 g/mol. The van der Waals surface area contributed by atoms with Gasteiger partial charge in [0.1, 0.15) is 0 Å². The van der Waals surface area contributed by atoms with E-state index in [-0.39, 0.29) is 11.1 Å². The largest absolute Gasteiger partial charge is 0.478 e. The number of carboxylic acids is 2. The topological polar surface area (TPSA) is 74.6 Å². The van der Waals surface area contributed by atoms with Crippen molar-refractivity contribution in [2.24, 2.45) is 0 Å². The van der Waals surface area contributed by atoms with E-state index in [0.29, 0.717) is 12.0 Å². The zero-order chi connectivity index (χ0) is 11.4. The minimum absolute atomic E-state index is 0.128. The van der Waals surface area contributed by atoms with E-state index < -0.39 is 11.9 Å². The molecule has 0 atom stereocenters. The summed E-state index contributed by atoms with van der Waals surface area (Å²) in [6, 6.07) is 4.08. The molecule has 0 fully saturated rings. The summed E-state index contributed by atoms with van der Waals surface area (Å²) in [5.74, 6) is -2.06. The highest BCUT2D eigenvalue weighted by Crippen LogP contribution is 2.14. The lowest BCUT2D eigenvalue weighted by molar-refractivity contribution is 0.0680. The second-order valence-electron chi connectivity index (χ2n) is 3.23. The van der Waals surface area contributed by atoms with Crippen molar-refractivity contribution in [3.05, 3.63) is 34.9 Å².